The van der Waals surface area contributed by atoms with Crippen LogP contribution in [0.3, 0.4) is 0 Å². The number of anilines is 3. The molecule has 14 aromatic rings. The van der Waals surface area contributed by atoms with Crippen LogP contribution >= 0.6 is 0 Å². The molecule has 0 spiro atoms. The fourth-order valence-corrected chi connectivity index (χ4v) is 11.4. The lowest BCUT2D eigenvalue weighted by Gasteiger charge is -2.29. The number of fused-ring (bicyclic) bond motifs is 5. The molecule has 0 saturated carbocycles. The summed E-state index contributed by atoms with van der Waals surface area (Å²) in [6.45, 7) is 0. The van der Waals surface area contributed by atoms with E-state index in [-0.39, 0.29) is 0 Å². The number of hydrogen-bond donors (Lipinski definition) is 0. The first-order chi connectivity index (χ1) is 37.7. The van der Waals surface area contributed by atoms with Gasteiger partial charge in [-0.3, -0.25) is 0 Å². The van der Waals surface area contributed by atoms with Gasteiger partial charge in [-0.2, -0.15) is 0 Å². The van der Waals surface area contributed by atoms with Gasteiger partial charge in [0.05, 0.1) is 22.4 Å². The van der Waals surface area contributed by atoms with Gasteiger partial charge in [-0.05, 0) is 150 Å². The lowest BCUT2D eigenvalue weighted by Crippen LogP contribution is -2.11. The van der Waals surface area contributed by atoms with E-state index in [4.69, 9.17) is 0 Å². The van der Waals surface area contributed by atoms with E-state index in [1.807, 2.05) is 0 Å². The molecule has 0 saturated heterocycles. The minimum atomic E-state index is 1.11. The second kappa shape index (κ2) is 19.1. The van der Waals surface area contributed by atoms with Crippen molar-refractivity contribution >= 4 is 60.4 Å². The summed E-state index contributed by atoms with van der Waals surface area (Å²) < 4.78 is 2.46. The van der Waals surface area contributed by atoms with Crippen molar-refractivity contribution in [3.63, 3.8) is 0 Å². The SMILES string of the molecule is c1ccc(-c2cccc(-c3cc(-c4cccc(-c5ccccc5)c4)cc(-n4c5ccccc5c5cc(-c6ccc(-c7ccccc7N(c7ccc8ccccc8c7)c7cccc8ccccc78)cc6)ccc54)c3)c2)cc1. The van der Waals surface area contributed by atoms with Crippen molar-refractivity contribution in [2.75, 3.05) is 4.90 Å². The number of hydrogen-bond acceptors (Lipinski definition) is 1. The van der Waals surface area contributed by atoms with Crippen LogP contribution in [-0.2, 0) is 0 Å². The van der Waals surface area contributed by atoms with Gasteiger partial charge in [0.2, 0.25) is 0 Å². The highest BCUT2D eigenvalue weighted by Crippen LogP contribution is 2.45. The van der Waals surface area contributed by atoms with Gasteiger partial charge < -0.3 is 9.47 Å². The first-order valence-electron chi connectivity index (χ1n) is 26.1. The van der Waals surface area contributed by atoms with Crippen molar-refractivity contribution in [2.45, 2.75) is 0 Å². The lowest BCUT2D eigenvalue weighted by molar-refractivity contribution is 1.18. The molecule has 0 atom stereocenters. The molecular weight excluding hydrogens is 917 g/mol. The van der Waals surface area contributed by atoms with E-state index in [9.17, 15) is 0 Å². The third kappa shape index (κ3) is 8.19. The Morgan fingerprint density at radius 3 is 1.39 bits per heavy atom. The fourth-order valence-electron chi connectivity index (χ4n) is 11.4. The fraction of sp³-hybridized carbons (Fsp3) is 0. The van der Waals surface area contributed by atoms with Gasteiger partial charge in [0.1, 0.15) is 0 Å². The Morgan fingerprint density at radius 1 is 0.224 bits per heavy atom. The molecule has 2 nitrogen and oxygen atoms in total. The van der Waals surface area contributed by atoms with E-state index >= 15 is 0 Å². The van der Waals surface area contributed by atoms with Gasteiger partial charge >= 0.3 is 0 Å². The average molecular weight is 967 g/mol. The summed E-state index contributed by atoms with van der Waals surface area (Å²) in [5, 5.41) is 7.28. The Balaban J connectivity index is 0.873. The number of aromatic nitrogens is 1. The monoisotopic (exact) mass is 966 g/mol. The van der Waals surface area contributed by atoms with Crippen LogP contribution in [0, 0.1) is 0 Å². The van der Waals surface area contributed by atoms with Crippen LogP contribution in [0.1, 0.15) is 0 Å². The quantitative estimate of drug-likeness (QED) is 0.133. The standard InChI is InChI=1S/C74H50N2/c1-3-18-51(19-4-1)57-26-15-28-59(44-57)63-46-64(60-29-16-27-58(45-60)52-20-5-2-6-21-52)49-66(48-63)76-73-34-14-12-32-69(73)70-50-62(41-43-74(70)76)54-36-38-56(39-37-54)68-31-11-13-33-71(68)75(65-42-40-53-22-7-8-24-61(53)47-65)72-35-17-25-55-23-9-10-30-67(55)72/h1-50H. The lowest BCUT2D eigenvalue weighted by atomic mass is 9.94. The van der Waals surface area contributed by atoms with Gasteiger partial charge in [0.15, 0.2) is 0 Å². The van der Waals surface area contributed by atoms with Crippen LogP contribution < -0.4 is 4.90 Å². The number of nitrogens with zero attached hydrogens (tertiary/aromatic N) is 2. The van der Waals surface area contributed by atoms with Gasteiger partial charge in [-0.25, -0.2) is 0 Å². The number of para-hydroxylation sites is 2. The smallest absolute Gasteiger partial charge is 0.0541 e. The van der Waals surface area contributed by atoms with Crippen molar-refractivity contribution in [2.24, 2.45) is 0 Å². The van der Waals surface area contributed by atoms with Gasteiger partial charge in [0, 0.05) is 33.1 Å². The van der Waals surface area contributed by atoms with Crippen LogP contribution in [0.2, 0.25) is 0 Å². The van der Waals surface area contributed by atoms with Crippen molar-refractivity contribution in [3.05, 3.63) is 303 Å². The van der Waals surface area contributed by atoms with E-state index in [2.05, 4.69) is 313 Å². The highest BCUT2D eigenvalue weighted by atomic mass is 15.1. The number of benzene rings is 13. The Hall–Kier alpha value is -10.0. The van der Waals surface area contributed by atoms with E-state index < -0.39 is 0 Å². The number of rotatable bonds is 10. The minimum absolute atomic E-state index is 1.11. The summed E-state index contributed by atoms with van der Waals surface area (Å²) in [4.78, 5) is 2.43. The highest BCUT2D eigenvalue weighted by molar-refractivity contribution is 6.11. The average Bonchev–Trinajstić information content (AvgIpc) is 3.84. The van der Waals surface area contributed by atoms with Crippen LogP contribution in [0.5, 0.6) is 0 Å². The molecule has 1 aromatic heterocycles. The highest BCUT2D eigenvalue weighted by Gasteiger charge is 2.21. The van der Waals surface area contributed by atoms with E-state index in [1.54, 1.807) is 0 Å². The second-order valence-electron chi connectivity index (χ2n) is 19.7. The molecule has 0 bridgehead atoms. The van der Waals surface area contributed by atoms with Gasteiger partial charge in [-0.15, -0.1) is 0 Å². The zero-order valence-electron chi connectivity index (χ0n) is 41.8. The molecule has 0 unspecified atom stereocenters. The zero-order valence-corrected chi connectivity index (χ0v) is 41.8. The topological polar surface area (TPSA) is 8.17 Å². The second-order valence-corrected chi connectivity index (χ2v) is 19.7. The molecule has 0 radical (unpaired) electrons. The largest absolute Gasteiger partial charge is 0.309 e. The predicted octanol–water partition coefficient (Wildman–Crippen LogP) is 20.6. The molecule has 356 valence electrons. The molecule has 2 heteroatoms. The molecule has 14 rings (SSSR count). The molecular formula is C74H50N2. The van der Waals surface area contributed by atoms with Gasteiger partial charge in [0.25, 0.3) is 0 Å². The summed E-state index contributed by atoms with van der Waals surface area (Å²) in [5.41, 5.74) is 21.0. The maximum atomic E-state index is 2.46. The summed E-state index contributed by atoms with van der Waals surface area (Å²) in [6.07, 6.45) is 0. The van der Waals surface area contributed by atoms with Crippen LogP contribution in [0.4, 0.5) is 17.1 Å². The van der Waals surface area contributed by atoms with Crippen molar-refractivity contribution in [3.8, 4) is 72.4 Å². The minimum Gasteiger partial charge on any atom is -0.309 e. The van der Waals surface area contributed by atoms with Crippen molar-refractivity contribution < 1.29 is 0 Å². The first kappa shape index (κ1) is 44.7. The molecule has 76 heavy (non-hydrogen) atoms. The zero-order chi connectivity index (χ0) is 50.4. The van der Waals surface area contributed by atoms with Gasteiger partial charge in [-0.1, -0.05) is 231 Å². The summed E-state index contributed by atoms with van der Waals surface area (Å²) >= 11 is 0. The van der Waals surface area contributed by atoms with Crippen molar-refractivity contribution in [1.82, 2.24) is 4.57 Å². The third-order valence-corrected chi connectivity index (χ3v) is 15.1. The molecule has 0 aliphatic rings. The molecule has 13 aromatic carbocycles. The van der Waals surface area contributed by atoms with Crippen molar-refractivity contribution in [1.29, 1.82) is 0 Å². The van der Waals surface area contributed by atoms with Crippen LogP contribution in [0.15, 0.2) is 303 Å². The van der Waals surface area contributed by atoms with Crippen LogP contribution in [-0.4, -0.2) is 4.57 Å². The summed E-state index contributed by atoms with van der Waals surface area (Å²) in [5.74, 6) is 0. The Morgan fingerprint density at radius 2 is 0.684 bits per heavy atom. The molecule has 0 fully saturated rings. The predicted molar refractivity (Wildman–Crippen MR) is 323 cm³/mol. The Kier molecular flexibility index (Phi) is 11.2. The van der Waals surface area contributed by atoms with E-state index in [0.717, 1.165) is 50.5 Å². The van der Waals surface area contributed by atoms with E-state index in [1.165, 1.54) is 82.3 Å². The molecule has 1 heterocycles. The van der Waals surface area contributed by atoms with Crippen LogP contribution in [0.25, 0.3) is 116 Å². The molecule has 0 amide bonds. The maximum Gasteiger partial charge on any atom is 0.0541 e. The summed E-state index contributed by atoms with van der Waals surface area (Å²) in [6, 6.07) is 111. The Labute approximate surface area is 443 Å². The molecule has 0 aliphatic heterocycles. The third-order valence-electron chi connectivity index (χ3n) is 15.1. The molecule has 0 aliphatic carbocycles. The maximum absolute atomic E-state index is 2.46. The summed E-state index contributed by atoms with van der Waals surface area (Å²) in [7, 11) is 0. The normalized spacial score (nSPS) is 11.4. The first-order valence-corrected chi connectivity index (χ1v) is 26.1. The van der Waals surface area contributed by atoms with E-state index in [0.29, 0.717) is 0 Å². The Bertz CT molecular complexity index is 4350. The molecule has 0 N–H and O–H groups in total.